The molecule has 0 bridgehead atoms. The van der Waals surface area contributed by atoms with Crippen LogP contribution >= 0.6 is 23.2 Å². The van der Waals surface area contributed by atoms with E-state index >= 15 is 4.39 Å². The average molecular weight is 731 g/mol. The Hall–Kier alpha value is -5.54. The zero-order valence-corrected chi connectivity index (χ0v) is 29.2. The maximum absolute atomic E-state index is 15.4. The highest BCUT2D eigenvalue weighted by Crippen LogP contribution is 2.40. The van der Waals surface area contributed by atoms with E-state index < -0.39 is 35.6 Å². The molecule has 0 radical (unpaired) electrons. The third-order valence-corrected chi connectivity index (χ3v) is 10.1. The van der Waals surface area contributed by atoms with Gasteiger partial charge in [-0.1, -0.05) is 53.5 Å². The number of imide groups is 1. The van der Waals surface area contributed by atoms with Crippen LogP contribution in [-0.4, -0.2) is 31.8 Å². The van der Waals surface area contributed by atoms with Crippen molar-refractivity contribution in [3.05, 3.63) is 153 Å². The molecular formula is C42H27Cl2F2N3O3. The fourth-order valence-corrected chi connectivity index (χ4v) is 7.38. The maximum atomic E-state index is 15.4. The number of carbonyl (C=O) groups excluding carboxylic acids is 2. The third kappa shape index (κ3) is 5.69. The summed E-state index contributed by atoms with van der Waals surface area (Å²) in [5, 5.41) is 12.8. The van der Waals surface area contributed by atoms with Crippen LogP contribution in [-0.2, 0) is 0 Å². The van der Waals surface area contributed by atoms with Crippen LogP contribution in [0.3, 0.4) is 0 Å². The first-order valence-electron chi connectivity index (χ1n) is 16.4. The van der Waals surface area contributed by atoms with Gasteiger partial charge in [-0.05, 0) is 115 Å². The molecule has 3 heterocycles. The topological polar surface area (TPSA) is 83.4 Å². The van der Waals surface area contributed by atoms with Crippen molar-refractivity contribution < 1.29 is 23.5 Å². The van der Waals surface area contributed by atoms with Crippen molar-refractivity contribution in [1.29, 1.82) is 0 Å². The number of benzene rings is 5. The lowest BCUT2D eigenvalue weighted by molar-refractivity contribution is 0.0592. The van der Waals surface area contributed by atoms with E-state index in [2.05, 4.69) is 4.98 Å². The second kappa shape index (κ2) is 12.9. The van der Waals surface area contributed by atoms with Gasteiger partial charge in [0.15, 0.2) is 0 Å². The zero-order chi connectivity index (χ0) is 36.4. The van der Waals surface area contributed by atoms with Crippen molar-refractivity contribution in [2.75, 3.05) is 0 Å². The summed E-state index contributed by atoms with van der Waals surface area (Å²) in [5.41, 5.74) is 5.17. The van der Waals surface area contributed by atoms with Crippen LogP contribution in [0.1, 0.15) is 58.1 Å². The van der Waals surface area contributed by atoms with Crippen LogP contribution in [0.4, 0.5) is 8.78 Å². The summed E-state index contributed by atoms with van der Waals surface area (Å²) in [6.07, 6.45) is -0.961. The van der Waals surface area contributed by atoms with Crippen molar-refractivity contribution in [1.82, 2.24) is 14.9 Å². The number of pyridine rings is 2. The van der Waals surface area contributed by atoms with Crippen LogP contribution in [0.25, 0.3) is 55.2 Å². The van der Waals surface area contributed by atoms with Crippen LogP contribution in [0.5, 0.6) is 0 Å². The number of aliphatic hydroxyl groups excluding tert-OH is 1. The van der Waals surface area contributed by atoms with Gasteiger partial charge < -0.3 is 5.11 Å². The number of hydrogen-bond donors (Lipinski definition) is 1. The zero-order valence-electron chi connectivity index (χ0n) is 27.7. The lowest BCUT2D eigenvalue weighted by Gasteiger charge is -2.25. The van der Waals surface area contributed by atoms with Gasteiger partial charge >= 0.3 is 0 Å². The molecule has 0 fully saturated rings. The molecular weight excluding hydrogens is 703 g/mol. The Labute approximate surface area is 306 Å². The number of aromatic nitrogens is 2. The Morgan fingerprint density at radius 1 is 0.577 bits per heavy atom. The van der Waals surface area contributed by atoms with E-state index in [1.54, 1.807) is 98.8 Å². The smallest absolute Gasteiger partial charge is 0.262 e. The van der Waals surface area contributed by atoms with Gasteiger partial charge in [-0.25, -0.2) is 18.7 Å². The molecule has 10 heteroatoms. The predicted molar refractivity (Wildman–Crippen MR) is 199 cm³/mol. The molecule has 0 aliphatic carbocycles. The Kier molecular flexibility index (Phi) is 8.33. The van der Waals surface area contributed by atoms with Crippen LogP contribution in [0.15, 0.2) is 109 Å². The lowest BCUT2D eigenvalue weighted by atomic mass is 9.94. The quantitative estimate of drug-likeness (QED) is 0.172. The fourth-order valence-electron chi connectivity index (χ4n) is 6.93. The van der Waals surface area contributed by atoms with Gasteiger partial charge in [-0.2, -0.15) is 0 Å². The van der Waals surface area contributed by atoms with Gasteiger partial charge in [0.25, 0.3) is 11.8 Å². The number of hydrogen-bond acceptors (Lipinski definition) is 5. The first-order chi connectivity index (χ1) is 25.0. The summed E-state index contributed by atoms with van der Waals surface area (Å²) in [5.74, 6) is -2.06. The summed E-state index contributed by atoms with van der Waals surface area (Å²) in [7, 11) is 0. The SMILES string of the molecule is CC(O)c1nc2cccc(Cl)c2cc1-c1cc(F)cc(-c2ccc3c(c2)C(=O)N(C(C)c2nc4cccc(Cl)c4cc2-c2cccc(F)c2)C3=O)c1. The molecule has 8 rings (SSSR count). The number of fused-ring (bicyclic) bond motifs is 3. The summed E-state index contributed by atoms with van der Waals surface area (Å²) in [4.78, 5) is 38.7. The number of amides is 2. The Morgan fingerprint density at radius 2 is 1.15 bits per heavy atom. The monoisotopic (exact) mass is 729 g/mol. The van der Waals surface area contributed by atoms with Crippen molar-refractivity contribution in [3.8, 4) is 33.4 Å². The Balaban J connectivity index is 1.20. The number of aliphatic hydroxyl groups is 1. The molecule has 0 spiro atoms. The molecule has 1 aliphatic rings. The second-order valence-corrected chi connectivity index (χ2v) is 13.6. The molecule has 256 valence electrons. The molecule has 0 saturated heterocycles. The Bertz CT molecular complexity index is 2650. The molecule has 5 aromatic carbocycles. The Morgan fingerprint density at radius 3 is 1.81 bits per heavy atom. The highest BCUT2D eigenvalue weighted by Gasteiger charge is 2.40. The number of rotatable bonds is 6. The normalized spacial score (nSPS) is 13.9. The summed E-state index contributed by atoms with van der Waals surface area (Å²) in [6.45, 7) is 3.29. The fraction of sp³-hybridized carbons (Fsp3) is 0.0952. The van der Waals surface area contributed by atoms with Gasteiger partial charge in [-0.3, -0.25) is 14.5 Å². The molecule has 52 heavy (non-hydrogen) atoms. The van der Waals surface area contributed by atoms with Gasteiger partial charge in [0.2, 0.25) is 0 Å². The number of nitrogens with zero attached hydrogens (tertiary/aromatic N) is 3. The van der Waals surface area contributed by atoms with Crippen molar-refractivity contribution >= 4 is 56.8 Å². The van der Waals surface area contributed by atoms with Crippen LogP contribution in [0.2, 0.25) is 10.0 Å². The summed E-state index contributed by atoms with van der Waals surface area (Å²) in [6, 6.07) is 28.5. The summed E-state index contributed by atoms with van der Waals surface area (Å²) >= 11 is 13.0. The van der Waals surface area contributed by atoms with E-state index in [0.29, 0.717) is 76.6 Å². The van der Waals surface area contributed by atoms with E-state index in [9.17, 15) is 19.1 Å². The van der Waals surface area contributed by atoms with Crippen LogP contribution in [0, 0.1) is 11.6 Å². The number of carbonyl (C=O) groups is 2. The van der Waals surface area contributed by atoms with Gasteiger partial charge in [0.1, 0.15) is 11.6 Å². The minimum atomic E-state index is -0.961. The van der Waals surface area contributed by atoms with Crippen molar-refractivity contribution in [3.63, 3.8) is 0 Å². The lowest BCUT2D eigenvalue weighted by Crippen LogP contribution is -2.33. The molecule has 1 aliphatic heterocycles. The first-order valence-corrected chi connectivity index (χ1v) is 17.2. The van der Waals surface area contributed by atoms with Crippen molar-refractivity contribution in [2.24, 2.45) is 0 Å². The number of halogens is 4. The molecule has 2 atom stereocenters. The first kappa shape index (κ1) is 33.6. The molecule has 6 nitrogen and oxygen atoms in total. The van der Waals surface area contributed by atoms with Gasteiger partial charge in [0.05, 0.1) is 45.7 Å². The molecule has 1 N–H and O–H groups in total. The minimum Gasteiger partial charge on any atom is -0.387 e. The van der Waals surface area contributed by atoms with E-state index in [-0.39, 0.29) is 11.1 Å². The highest BCUT2D eigenvalue weighted by atomic mass is 35.5. The highest BCUT2D eigenvalue weighted by molar-refractivity contribution is 6.36. The van der Waals surface area contributed by atoms with E-state index in [4.69, 9.17) is 28.2 Å². The summed E-state index contributed by atoms with van der Waals surface area (Å²) < 4.78 is 29.8. The standard InChI is InChI=1S/C42H27Cl2F2N3O3/c1-21(39-30(24-6-3-7-27(45)15-24)19-33-35(43)8-4-10-37(33)47-39)49-41(51)29-13-12-23(18-32(29)42(49)52)25-14-26(17-28(46)16-25)31-20-34-36(44)9-5-11-38(34)48-40(31)22(2)50/h3-22,50H,1-2H3. The third-order valence-electron chi connectivity index (χ3n) is 9.45. The van der Waals surface area contributed by atoms with E-state index in [1.807, 2.05) is 0 Å². The molecule has 0 saturated carbocycles. The van der Waals surface area contributed by atoms with Crippen molar-refractivity contribution in [2.45, 2.75) is 26.0 Å². The van der Waals surface area contributed by atoms with E-state index in [0.717, 1.165) is 4.90 Å². The molecule has 2 aromatic heterocycles. The second-order valence-electron chi connectivity index (χ2n) is 12.8. The van der Waals surface area contributed by atoms with E-state index in [1.165, 1.54) is 24.3 Å². The predicted octanol–water partition coefficient (Wildman–Crippen LogP) is 10.8. The largest absolute Gasteiger partial charge is 0.387 e. The average Bonchev–Trinajstić information content (AvgIpc) is 3.38. The molecule has 2 amide bonds. The minimum absolute atomic E-state index is 0.153. The van der Waals surface area contributed by atoms with Gasteiger partial charge in [0, 0.05) is 31.9 Å². The maximum Gasteiger partial charge on any atom is 0.262 e. The van der Waals surface area contributed by atoms with Crippen LogP contribution < -0.4 is 0 Å². The molecule has 7 aromatic rings. The molecule has 2 unspecified atom stereocenters. The van der Waals surface area contributed by atoms with Gasteiger partial charge in [-0.15, -0.1) is 0 Å².